The Morgan fingerprint density at radius 3 is 2.68 bits per heavy atom. The Balaban J connectivity index is 2.42. The van der Waals surface area contributed by atoms with Crippen LogP contribution in [-0.4, -0.2) is 9.97 Å². The highest BCUT2D eigenvalue weighted by molar-refractivity contribution is 14.1. The topological polar surface area (TPSA) is 37.8 Å². The molecule has 0 saturated carbocycles. The van der Waals surface area contributed by atoms with E-state index in [4.69, 9.17) is 23.2 Å². The Kier molecular flexibility index (Phi) is 4.86. The molecular weight excluding hydrogens is 396 g/mol. The molecule has 6 heteroatoms. The molecule has 0 aliphatic rings. The summed E-state index contributed by atoms with van der Waals surface area (Å²) < 4.78 is 1.10. The van der Waals surface area contributed by atoms with E-state index in [-0.39, 0.29) is 0 Å². The fraction of sp³-hybridized carbons (Fsp3) is 0.231. The molecule has 100 valence electrons. The maximum atomic E-state index is 6.17. The molecule has 0 aliphatic heterocycles. The van der Waals surface area contributed by atoms with Crippen LogP contribution in [0.1, 0.15) is 18.3 Å². The van der Waals surface area contributed by atoms with E-state index in [1.165, 1.54) is 0 Å². The fourth-order valence-corrected chi connectivity index (χ4v) is 2.38. The van der Waals surface area contributed by atoms with Gasteiger partial charge in [0.15, 0.2) is 0 Å². The molecule has 0 saturated heterocycles. The molecule has 0 spiro atoms. The van der Waals surface area contributed by atoms with Gasteiger partial charge in [-0.3, -0.25) is 0 Å². The molecule has 0 aliphatic carbocycles. The number of aryl methyl sites for hydroxylation is 1. The van der Waals surface area contributed by atoms with E-state index in [1.54, 1.807) is 0 Å². The smallest absolute Gasteiger partial charge is 0.138 e. The Morgan fingerprint density at radius 1 is 1.26 bits per heavy atom. The first-order valence-electron chi connectivity index (χ1n) is 5.76. The first-order valence-corrected chi connectivity index (χ1v) is 7.59. The Bertz CT molecular complexity index is 617. The molecule has 2 aromatic rings. The highest BCUT2D eigenvalue weighted by Crippen LogP contribution is 2.29. The van der Waals surface area contributed by atoms with Crippen molar-refractivity contribution >= 4 is 57.3 Å². The first kappa shape index (κ1) is 14.8. The van der Waals surface area contributed by atoms with Crippen LogP contribution in [0.3, 0.4) is 0 Å². The van der Waals surface area contributed by atoms with Crippen LogP contribution in [0.25, 0.3) is 0 Å². The molecule has 1 N–H and O–H groups in total. The number of anilines is 2. The van der Waals surface area contributed by atoms with E-state index in [1.807, 2.05) is 32.0 Å². The van der Waals surface area contributed by atoms with Crippen molar-refractivity contribution in [2.75, 3.05) is 5.32 Å². The van der Waals surface area contributed by atoms with Crippen molar-refractivity contribution in [2.45, 2.75) is 20.3 Å². The number of halogens is 3. The zero-order chi connectivity index (χ0) is 14.0. The zero-order valence-electron chi connectivity index (χ0n) is 10.5. The highest BCUT2D eigenvalue weighted by Gasteiger charge is 2.10. The Morgan fingerprint density at radius 2 is 2.00 bits per heavy atom. The van der Waals surface area contributed by atoms with Gasteiger partial charge < -0.3 is 5.32 Å². The SMILES string of the molecule is CCc1nc(Cl)c(C)c(Nc2cc(I)ccc2Cl)n1. The minimum atomic E-state index is 0.469. The molecule has 0 unspecified atom stereocenters. The van der Waals surface area contributed by atoms with Crippen molar-refractivity contribution in [1.29, 1.82) is 0 Å². The van der Waals surface area contributed by atoms with Crippen LogP contribution in [0.15, 0.2) is 18.2 Å². The van der Waals surface area contributed by atoms with Crippen LogP contribution in [0.4, 0.5) is 11.5 Å². The summed E-state index contributed by atoms with van der Waals surface area (Å²) in [6.07, 6.45) is 0.731. The lowest BCUT2D eigenvalue weighted by Crippen LogP contribution is -2.03. The van der Waals surface area contributed by atoms with Gasteiger partial charge in [-0.1, -0.05) is 30.1 Å². The quantitative estimate of drug-likeness (QED) is 0.574. The minimum Gasteiger partial charge on any atom is -0.339 e. The molecule has 0 amide bonds. The number of benzene rings is 1. The van der Waals surface area contributed by atoms with Crippen molar-refractivity contribution < 1.29 is 0 Å². The summed E-state index contributed by atoms with van der Waals surface area (Å²) in [5.41, 5.74) is 1.63. The molecular formula is C13H12Cl2IN3. The molecule has 2 rings (SSSR count). The van der Waals surface area contributed by atoms with E-state index in [0.717, 1.165) is 21.2 Å². The van der Waals surface area contributed by atoms with Crippen molar-refractivity contribution in [3.05, 3.63) is 43.3 Å². The third kappa shape index (κ3) is 3.49. The molecule has 0 radical (unpaired) electrons. The van der Waals surface area contributed by atoms with Crippen LogP contribution in [0, 0.1) is 10.5 Å². The van der Waals surface area contributed by atoms with Crippen LogP contribution in [0.5, 0.6) is 0 Å². The summed E-state index contributed by atoms with van der Waals surface area (Å²) >= 11 is 14.5. The fourth-order valence-electron chi connectivity index (χ4n) is 1.53. The average molecular weight is 408 g/mol. The molecule has 1 heterocycles. The van der Waals surface area contributed by atoms with Gasteiger partial charge in [0.05, 0.1) is 10.7 Å². The number of nitrogens with one attached hydrogen (secondary N) is 1. The van der Waals surface area contributed by atoms with E-state index < -0.39 is 0 Å². The molecule has 1 aromatic carbocycles. The number of nitrogens with zero attached hydrogens (tertiary/aromatic N) is 2. The predicted octanol–water partition coefficient (Wildman–Crippen LogP) is 5.00. The van der Waals surface area contributed by atoms with Crippen molar-refractivity contribution in [3.63, 3.8) is 0 Å². The molecule has 1 aromatic heterocycles. The standard InChI is InChI=1S/C13H12Cl2IN3/c1-3-11-18-12(15)7(2)13(19-11)17-10-6-8(16)4-5-9(10)14/h4-6H,3H2,1-2H3,(H,17,18,19). The van der Waals surface area contributed by atoms with Gasteiger partial charge in [0.25, 0.3) is 0 Å². The largest absolute Gasteiger partial charge is 0.339 e. The number of hydrogen-bond acceptors (Lipinski definition) is 3. The molecule has 19 heavy (non-hydrogen) atoms. The number of hydrogen-bond donors (Lipinski definition) is 1. The maximum absolute atomic E-state index is 6.17. The normalized spacial score (nSPS) is 10.6. The molecule has 0 bridgehead atoms. The summed E-state index contributed by atoms with van der Waals surface area (Å²) in [7, 11) is 0. The van der Waals surface area contributed by atoms with Crippen LogP contribution >= 0.6 is 45.8 Å². The lowest BCUT2D eigenvalue weighted by molar-refractivity contribution is 0.934. The summed E-state index contributed by atoms with van der Waals surface area (Å²) in [5, 5.41) is 4.34. The molecule has 0 atom stereocenters. The van der Waals surface area contributed by atoms with Gasteiger partial charge in [-0.2, -0.15) is 0 Å². The van der Waals surface area contributed by atoms with Gasteiger partial charge >= 0.3 is 0 Å². The monoisotopic (exact) mass is 407 g/mol. The van der Waals surface area contributed by atoms with Gasteiger partial charge in [-0.15, -0.1) is 0 Å². The Hall–Kier alpha value is -0.590. The van der Waals surface area contributed by atoms with E-state index in [9.17, 15) is 0 Å². The number of aromatic nitrogens is 2. The van der Waals surface area contributed by atoms with E-state index >= 15 is 0 Å². The number of rotatable bonds is 3. The summed E-state index contributed by atoms with van der Waals surface area (Å²) in [6.45, 7) is 3.87. The Labute approximate surface area is 135 Å². The second-order valence-corrected chi connectivity index (χ2v) is 6.02. The minimum absolute atomic E-state index is 0.469. The predicted molar refractivity (Wildman–Crippen MR) is 88.6 cm³/mol. The summed E-state index contributed by atoms with van der Waals surface area (Å²) in [5.74, 6) is 1.40. The first-order chi connectivity index (χ1) is 9.01. The van der Waals surface area contributed by atoms with Crippen molar-refractivity contribution in [2.24, 2.45) is 0 Å². The van der Waals surface area contributed by atoms with Gasteiger partial charge in [0.1, 0.15) is 16.8 Å². The van der Waals surface area contributed by atoms with Gasteiger partial charge in [-0.25, -0.2) is 9.97 Å². The van der Waals surface area contributed by atoms with Gasteiger partial charge in [0, 0.05) is 15.6 Å². The third-order valence-corrected chi connectivity index (χ3v) is 4.00. The van der Waals surface area contributed by atoms with E-state index in [2.05, 4.69) is 37.9 Å². The molecule has 3 nitrogen and oxygen atoms in total. The van der Waals surface area contributed by atoms with Crippen molar-refractivity contribution in [3.8, 4) is 0 Å². The van der Waals surface area contributed by atoms with Crippen molar-refractivity contribution in [1.82, 2.24) is 9.97 Å². The molecule has 0 fully saturated rings. The lowest BCUT2D eigenvalue weighted by Gasteiger charge is -2.12. The summed E-state index contributed by atoms with van der Waals surface area (Å²) in [6, 6.07) is 5.76. The van der Waals surface area contributed by atoms with Gasteiger partial charge in [0.2, 0.25) is 0 Å². The zero-order valence-corrected chi connectivity index (χ0v) is 14.1. The second-order valence-electron chi connectivity index (χ2n) is 4.01. The summed E-state index contributed by atoms with van der Waals surface area (Å²) in [4.78, 5) is 8.66. The lowest BCUT2D eigenvalue weighted by atomic mass is 10.3. The van der Waals surface area contributed by atoms with E-state index in [0.29, 0.717) is 21.8 Å². The second kappa shape index (κ2) is 6.24. The highest BCUT2D eigenvalue weighted by atomic mass is 127. The van der Waals surface area contributed by atoms with Crippen LogP contribution in [-0.2, 0) is 6.42 Å². The third-order valence-electron chi connectivity index (χ3n) is 2.63. The van der Waals surface area contributed by atoms with Crippen LogP contribution in [0.2, 0.25) is 10.2 Å². The van der Waals surface area contributed by atoms with Gasteiger partial charge in [-0.05, 0) is 47.7 Å². The average Bonchev–Trinajstić information content (AvgIpc) is 2.38. The maximum Gasteiger partial charge on any atom is 0.138 e. The van der Waals surface area contributed by atoms with Crippen LogP contribution < -0.4 is 5.32 Å².